The lowest BCUT2D eigenvalue weighted by atomic mass is 10.2. The number of ether oxygens (including phenoxy) is 1. The number of rotatable bonds is 4. The van der Waals surface area contributed by atoms with Crippen molar-refractivity contribution < 1.29 is 9.53 Å². The minimum absolute atomic E-state index is 0.0243. The van der Waals surface area contributed by atoms with Crippen LogP contribution in [0.3, 0.4) is 0 Å². The van der Waals surface area contributed by atoms with Crippen LogP contribution in [-0.4, -0.2) is 17.9 Å². The Morgan fingerprint density at radius 1 is 1.19 bits per heavy atom. The Balaban J connectivity index is 2.26. The number of hydrogen-bond donors (Lipinski definition) is 0. The number of nitrogens with zero attached hydrogens (tertiary/aromatic N) is 1. The zero-order valence-electron chi connectivity index (χ0n) is 12.4. The predicted octanol–water partition coefficient (Wildman–Crippen LogP) is 4.53. The summed E-state index contributed by atoms with van der Waals surface area (Å²) in [4.78, 5) is 13.1. The normalized spacial score (nSPS) is 10.3. The monoisotopic (exact) mass is 347 g/mol. The summed E-state index contributed by atoms with van der Waals surface area (Å²) in [7, 11) is 1.78. The Bertz CT molecular complexity index is 638. The van der Waals surface area contributed by atoms with Crippen molar-refractivity contribution in [1.29, 1.82) is 0 Å². The minimum atomic E-state index is 0.0243. The van der Waals surface area contributed by atoms with Crippen LogP contribution >= 0.6 is 15.9 Å². The highest BCUT2D eigenvalue weighted by Crippen LogP contribution is 2.29. The van der Waals surface area contributed by atoms with E-state index in [1.807, 2.05) is 49.4 Å². The fourth-order valence-electron chi connectivity index (χ4n) is 1.87. The Morgan fingerprint density at radius 2 is 1.86 bits per heavy atom. The maximum Gasteiger partial charge on any atom is 0.219 e. The van der Waals surface area contributed by atoms with Crippen molar-refractivity contribution in [2.75, 3.05) is 7.05 Å². The van der Waals surface area contributed by atoms with Crippen LogP contribution in [-0.2, 0) is 11.3 Å². The third-order valence-electron chi connectivity index (χ3n) is 3.22. The van der Waals surface area contributed by atoms with Gasteiger partial charge in [-0.05, 0) is 37.3 Å². The first-order valence-electron chi connectivity index (χ1n) is 6.70. The number of benzene rings is 2. The second-order valence-electron chi connectivity index (χ2n) is 5.04. The highest BCUT2D eigenvalue weighted by Gasteiger charge is 2.10. The van der Waals surface area contributed by atoms with E-state index in [2.05, 4.69) is 15.9 Å². The molecule has 0 spiro atoms. The van der Waals surface area contributed by atoms with Gasteiger partial charge in [0.25, 0.3) is 0 Å². The molecule has 4 heteroatoms. The molecule has 0 N–H and O–H groups in total. The molecule has 21 heavy (non-hydrogen) atoms. The van der Waals surface area contributed by atoms with Crippen LogP contribution in [0.1, 0.15) is 18.1 Å². The largest absolute Gasteiger partial charge is 0.457 e. The average Bonchev–Trinajstić information content (AvgIpc) is 2.44. The molecule has 0 aliphatic rings. The maximum atomic E-state index is 11.4. The first-order valence-corrected chi connectivity index (χ1v) is 7.49. The van der Waals surface area contributed by atoms with Crippen LogP contribution in [0.25, 0.3) is 0 Å². The van der Waals surface area contributed by atoms with Gasteiger partial charge in [0.15, 0.2) is 0 Å². The molecule has 0 atom stereocenters. The maximum absolute atomic E-state index is 11.4. The molecule has 0 heterocycles. The lowest BCUT2D eigenvalue weighted by Gasteiger charge is -2.18. The van der Waals surface area contributed by atoms with E-state index in [1.165, 1.54) is 5.56 Å². The summed E-state index contributed by atoms with van der Waals surface area (Å²) in [6.45, 7) is 4.10. The van der Waals surface area contributed by atoms with Crippen molar-refractivity contribution >= 4 is 21.8 Å². The zero-order valence-corrected chi connectivity index (χ0v) is 14.0. The van der Waals surface area contributed by atoms with Crippen molar-refractivity contribution in [3.63, 3.8) is 0 Å². The Labute approximate surface area is 133 Å². The van der Waals surface area contributed by atoms with E-state index in [0.717, 1.165) is 21.5 Å². The highest BCUT2D eigenvalue weighted by atomic mass is 79.9. The number of halogens is 1. The average molecular weight is 348 g/mol. The molecule has 0 fully saturated rings. The van der Waals surface area contributed by atoms with Gasteiger partial charge in [0, 0.05) is 30.6 Å². The molecule has 2 rings (SSSR count). The van der Waals surface area contributed by atoms with E-state index in [0.29, 0.717) is 6.54 Å². The number of hydrogen-bond acceptors (Lipinski definition) is 2. The zero-order chi connectivity index (χ0) is 15.4. The standard InChI is InChI=1S/C17H18BrNO2/c1-12-4-7-16(8-5-12)21-17-9-6-15(18)10-14(17)11-19(3)13(2)20/h4-10H,11H2,1-3H3. The SMILES string of the molecule is CC(=O)N(C)Cc1cc(Br)ccc1Oc1ccc(C)cc1. The topological polar surface area (TPSA) is 29.5 Å². The van der Waals surface area contributed by atoms with Crippen molar-refractivity contribution in [2.24, 2.45) is 0 Å². The minimum Gasteiger partial charge on any atom is -0.457 e. The van der Waals surface area contributed by atoms with Gasteiger partial charge in [-0.25, -0.2) is 0 Å². The van der Waals surface area contributed by atoms with E-state index in [1.54, 1.807) is 18.9 Å². The number of aryl methyl sites for hydroxylation is 1. The van der Waals surface area contributed by atoms with Crippen LogP contribution in [0.2, 0.25) is 0 Å². The second-order valence-corrected chi connectivity index (χ2v) is 5.96. The Morgan fingerprint density at radius 3 is 2.48 bits per heavy atom. The lowest BCUT2D eigenvalue weighted by Crippen LogP contribution is -2.23. The quantitative estimate of drug-likeness (QED) is 0.813. The van der Waals surface area contributed by atoms with Crippen LogP contribution in [0.5, 0.6) is 11.5 Å². The molecule has 110 valence electrons. The van der Waals surface area contributed by atoms with Crippen LogP contribution in [0.15, 0.2) is 46.9 Å². The summed E-state index contributed by atoms with van der Waals surface area (Å²) in [5.74, 6) is 1.57. The van der Waals surface area contributed by atoms with Gasteiger partial charge >= 0.3 is 0 Å². The molecule has 0 saturated carbocycles. The third-order valence-corrected chi connectivity index (χ3v) is 3.71. The molecular formula is C17H18BrNO2. The van der Waals surface area contributed by atoms with E-state index in [9.17, 15) is 4.79 Å². The Hall–Kier alpha value is -1.81. The molecule has 0 radical (unpaired) electrons. The molecule has 1 amide bonds. The van der Waals surface area contributed by atoms with Gasteiger partial charge in [0.2, 0.25) is 5.91 Å². The van der Waals surface area contributed by atoms with E-state index < -0.39 is 0 Å². The number of carbonyl (C=O) groups is 1. The first kappa shape index (κ1) is 15.6. The summed E-state index contributed by atoms with van der Waals surface area (Å²) in [5, 5.41) is 0. The van der Waals surface area contributed by atoms with E-state index >= 15 is 0 Å². The summed E-state index contributed by atoms with van der Waals surface area (Å²) in [6, 6.07) is 13.7. The van der Waals surface area contributed by atoms with Gasteiger partial charge in [-0.3, -0.25) is 4.79 Å². The van der Waals surface area contributed by atoms with Gasteiger partial charge in [-0.2, -0.15) is 0 Å². The van der Waals surface area contributed by atoms with Gasteiger partial charge in [0.05, 0.1) is 0 Å². The van der Waals surface area contributed by atoms with Crippen molar-refractivity contribution in [2.45, 2.75) is 20.4 Å². The van der Waals surface area contributed by atoms with Gasteiger partial charge < -0.3 is 9.64 Å². The highest BCUT2D eigenvalue weighted by molar-refractivity contribution is 9.10. The van der Waals surface area contributed by atoms with Crippen LogP contribution < -0.4 is 4.74 Å². The molecular weight excluding hydrogens is 330 g/mol. The molecule has 2 aromatic carbocycles. The molecule has 0 aliphatic heterocycles. The smallest absolute Gasteiger partial charge is 0.219 e. The number of carbonyl (C=O) groups excluding carboxylic acids is 1. The third kappa shape index (κ3) is 4.33. The predicted molar refractivity (Wildman–Crippen MR) is 87.5 cm³/mol. The van der Waals surface area contributed by atoms with Crippen LogP contribution in [0.4, 0.5) is 0 Å². The fourth-order valence-corrected chi connectivity index (χ4v) is 2.28. The molecule has 0 aromatic heterocycles. The Kier molecular flexibility index (Phi) is 5.02. The van der Waals surface area contributed by atoms with E-state index in [-0.39, 0.29) is 5.91 Å². The van der Waals surface area contributed by atoms with Gasteiger partial charge in [-0.1, -0.05) is 33.6 Å². The first-order chi connectivity index (χ1) is 9.95. The van der Waals surface area contributed by atoms with Crippen molar-refractivity contribution in [1.82, 2.24) is 4.90 Å². The molecule has 0 saturated heterocycles. The molecule has 0 bridgehead atoms. The van der Waals surface area contributed by atoms with Crippen molar-refractivity contribution in [3.8, 4) is 11.5 Å². The van der Waals surface area contributed by atoms with Gasteiger partial charge in [-0.15, -0.1) is 0 Å². The fraction of sp³-hybridized carbons (Fsp3) is 0.235. The summed E-state index contributed by atoms with van der Waals surface area (Å²) in [6.07, 6.45) is 0. The summed E-state index contributed by atoms with van der Waals surface area (Å²) in [5.41, 5.74) is 2.15. The second kappa shape index (κ2) is 6.76. The van der Waals surface area contributed by atoms with Crippen molar-refractivity contribution in [3.05, 3.63) is 58.1 Å². The number of amides is 1. The molecule has 3 nitrogen and oxygen atoms in total. The van der Waals surface area contributed by atoms with E-state index in [4.69, 9.17) is 4.74 Å². The summed E-state index contributed by atoms with van der Waals surface area (Å²) < 4.78 is 6.90. The molecule has 2 aromatic rings. The molecule has 0 unspecified atom stereocenters. The lowest BCUT2D eigenvalue weighted by molar-refractivity contribution is -0.128. The van der Waals surface area contributed by atoms with Gasteiger partial charge in [0.1, 0.15) is 11.5 Å². The molecule has 0 aliphatic carbocycles. The summed E-state index contributed by atoms with van der Waals surface area (Å²) >= 11 is 3.46. The van der Waals surface area contributed by atoms with Crippen LogP contribution in [0, 0.1) is 6.92 Å².